The number of phenolic OH excluding ortho intramolecular Hbond substituents is 1. The molecule has 1 saturated heterocycles. The van der Waals surface area contributed by atoms with Gasteiger partial charge >= 0.3 is 6.09 Å². The fourth-order valence-corrected chi connectivity index (χ4v) is 4.40. The monoisotopic (exact) mass is 559 g/mol. The molecule has 1 aliphatic rings. The summed E-state index contributed by atoms with van der Waals surface area (Å²) in [6.07, 6.45) is 2.03. The van der Waals surface area contributed by atoms with Gasteiger partial charge in [0.05, 0.1) is 6.42 Å². The highest BCUT2D eigenvalue weighted by Gasteiger charge is 2.29. The van der Waals surface area contributed by atoms with Gasteiger partial charge in [-0.2, -0.15) is 0 Å². The predicted octanol–water partition coefficient (Wildman–Crippen LogP) is 4.11. The third-order valence-corrected chi connectivity index (χ3v) is 6.25. The van der Waals surface area contributed by atoms with Gasteiger partial charge in [0, 0.05) is 41.5 Å². The van der Waals surface area contributed by atoms with Gasteiger partial charge in [-0.05, 0) is 88.9 Å². The number of hydrogen-bond acceptors (Lipinski definition) is 6. The fourth-order valence-electron chi connectivity index (χ4n) is 4.40. The number of amides is 3. The van der Waals surface area contributed by atoms with Crippen molar-refractivity contribution in [3.8, 4) is 5.75 Å². The predicted molar refractivity (Wildman–Crippen MR) is 153 cm³/mol. The minimum atomic E-state index is -0.598. The number of amidine groups is 1. The van der Waals surface area contributed by atoms with Crippen LogP contribution in [0.1, 0.15) is 67.1 Å². The molecule has 1 aliphatic heterocycles. The Kier molecular flexibility index (Phi) is 10.7. The van der Waals surface area contributed by atoms with Crippen molar-refractivity contribution >= 4 is 41.8 Å². The summed E-state index contributed by atoms with van der Waals surface area (Å²) >= 11 is 0. The zero-order valence-electron chi connectivity index (χ0n) is 22.8. The fraction of sp³-hybridized carbons (Fsp3) is 0.429. The molecule has 1 heterocycles. The molecule has 11 heteroatoms. The topological polar surface area (TPSA) is 158 Å². The Balaban J connectivity index is 0.00000533. The van der Waals surface area contributed by atoms with Crippen molar-refractivity contribution in [2.75, 3.05) is 18.4 Å². The second-order valence-electron chi connectivity index (χ2n) is 10.5. The van der Waals surface area contributed by atoms with Crippen molar-refractivity contribution in [2.45, 2.75) is 65.0 Å². The van der Waals surface area contributed by atoms with E-state index in [-0.39, 0.29) is 48.3 Å². The molecule has 3 amide bonds. The first-order chi connectivity index (χ1) is 17.8. The summed E-state index contributed by atoms with van der Waals surface area (Å²) in [5.74, 6) is -0.690. The molecule has 2 aromatic rings. The van der Waals surface area contributed by atoms with E-state index in [0.29, 0.717) is 41.0 Å². The van der Waals surface area contributed by atoms with E-state index < -0.39 is 11.7 Å². The number of nitrogens with zero attached hydrogens (tertiary/aromatic N) is 1. The molecule has 0 saturated carbocycles. The molecule has 6 N–H and O–H groups in total. The molecule has 0 radical (unpaired) electrons. The largest absolute Gasteiger partial charge is 0.508 e. The molecule has 0 spiro atoms. The van der Waals surface area contributed by atoms with Gasteiger partial charge in [0.25, 0.3) is 5.91 Å². The summed E-state index contributed by atoms with van der Waals surface area (Å²) in [6, 6.07) is 9.38. The number of hydrogen-bond donors (Lipinski definition) is 5. The van der Waals surface area contributed by atoms with E-state index in [0.717, 1.165) is 19.3 Å². The highest BCUT2D eigenvalue weighted by atomic mass is 35.5. The Morgan fingerprint density at radius 3 is 2.51 bits per heavy atom. The third kappa shape index (κ3) is 8.88. The lowest BCUT2D eigenvalue weighted by Crippen LogP contribution is -2.50. The van der Waals surface area contributed by atoms with Gasteiger partial charge in [0.2, 0.25) is 5.91 Å². The number of aryl methyl sites for hydroxylation is 1. The van der Waals surface area contributed by atoms with Crippen molar-refractivity contribution in [1.29, 1.82) is 5.41 Å². The van der Waals surface area contributed by atoms with Gasteiger partial charge in [-0.1, -0.05) is 0 Å². The number of rotatable bonds is 7. The number of phenols is 1. The van der Waals surface area contributed by atoms with Crippen molar-refractivity contribution in [1.82, 2.24) is 10.2 Å². The Morgan fingerprint density at radius 1 is 1.15 bits per heavy atom. The standard InChI is InChI=1S/C28H37N5O5.ClH/c1-17-13-20(32-24(35)15-19-14-18(25(29)30)8-11-23(19)34)9-10-22(17)26(36)33-12-6-5-7-21(33)16-31-27(37)38-28(2,3)4;/h8-11,13-14,21,34H,5-7,12,15-16H2,1-4H3,(H3,29,30)(H,31,37)(H,32,35);1H. The molecule has 39 heavy (non-hydrogen) atoms. The molecule has 1 unspecified atom stereocenters. The van der Waals surface area contributed by atoms with Gasteiger partial charge in [-0.3, -0.25) is 15.0 Å². The van der Waals surface area contributed by atoms with Gasteiger partial charge < -0.3 is 31.1 Å². The normalized spacial score (nSPS) is 15.1. The van der Waals surface area contributed by atoms with Crippen molar-refractivity contribution in [3.63, 3.8) is 0 Å². The Labute approximate surface area is 235 Å². The summed E-state index contributed by atoms with van der Waals surface area (Å²) in [4.78, 5) is 40.0. The smallest absolute Gasteiger partial charge is 0.407 e. The maximum absolute atomic E-state index is 13.4. The highest BCUT2D eigenvalue weighted by Crippen LogP contribution is 2.24. The van der Waals surface area contributed by atoms with Crippen molar-refractivity contribution < 1.29 is 24.2 Å². The lowest BCUT2D eigenvalue weighted by molar-refractivity contribution is -0.115. The van der Waals surface area contributed by atoms with Crippen LogP contribution in [0.2, 0.25) is 0 Å². The molecule has 10 nitrogen and oxygen atoms in total. The number of likely N-dealkylation sites (tertiary alicyclic amines) is 1. The molecule has 1 fully saturated rings. The van der Waals surface area contributed by atoms with Gasteiger partial charge in [-0.25, -0.2) is 4.79 Å². The van der Waals surface area contributed by atoms with E-state index in [2.05, 4.69) is 10.6 Å². The molecule has 212 valence electrons. The van der Waals surface area contributed by atoms with E-state index in [1.165, 1.54) is 18.2 Å². The van der Waals surface area contributed by atoms with E-state index >= 15 is 0 Å². The first-order valence-electron chi connectivity index (χ1n) is 12.7. The molecule has 1 atom stereocenters. The number of aromatic hydroxyl groups is 1. The average Bonchev–Trinajstić information content (AvgIpc) is 2.83. The minimum Gasteiger partial charge on any atom is -0.508 e. The first kappa shape index (κ1) is 31.4. The highest BCUT2D eigenvalue weighted by molar-refractivity contribution is 5.98. The SMILES string of the molecule is Cc1cc(NC(=O)Cc2cc(C(=N)N)ccc2O)ccc1C(=O)N1CCCCC1CNC(=O)OC(C)(C)C.Cl. The Morgan fingerprint density at radius 2 is 1.87 bits per heavy atom. The molecule has 0 aromatic heterocycles. The van der Waals surface area contributed by atoms with Crippen LogP contribution in [0.3, 0.4) is 0 Å². The summed E-state index contributed by atoms with van der Waals surface area (Å²) in [5.41, 5.74) is 7.43. The van der Waals surface area contributed by atoms with Crippen LogP contribution in [0.25, 0.3) is 0 Å². The number of nitrogen functional groups attached to an aromatic ring is 1. The zero-order chi connectivity index (χ0) is 28.0. The number of anilines is 1. The van der Waals surface area contributed by atoms with Crippen LogP contribution in [0.4, 0.5) is 10.5 Å². The van der Waals surface area contributed by atoms with Crippen LogP contribution in [0, 0.1) is 12.3 Å². The van der Waals surface area contributed by atoms with Gasteiger partial charge in [-0.15, -0.1) is 12.4 Å². The number of alkyl carbamates (subject to hydrolysis) is 1. The Bertz CT molecular complexity index is 1230. The summed E-state index contributed by atoms with van der Waals surface area (Å²) < 4.78 is 5.32. The van der Waals surface area contributed by atoms with E-state index in [4.69, 9.17) is 15.9 Å². The number of nitrogens with one attached hydrogen (secondary N) is 3. The van der Waals surface area contributed by atoms with E-state index in [1.807, 2.05) is 6.92 Å². The number of halogens is 1. The lowest BCUT2D eigenvalue weighted by atomic mass is 9.99. The third-order valence-electron chi connectivity index (χ3n) is 6.25. The first-order valence-corrected chi connectivity index (χ1v) is 12.7. The number of carbonyl (C=O) groups excluding carboxylic acids is 3. The van der Waals surface area contributed by atoms with Crippen LogP contribution in [0.15, 0.2) is 36.4 Å². The maximum Gasteiger partial charge on any atom is 0.407 e. The summed E-state index contributed by atoms with van der Waals surface area (Å²) in [5, 5.41) is 23.2. The number of carbonyl (C=O) groups is 3. The maximum atomic E-state index is 13.4. The van der Waals surface area contributed by atoms with Crippen molar-refractivity contribution in [2.24, 2.45) is 5.73 Å². The number of ether oxygens (including phenoxy) is 1. The van der Waals surface area contributed by atoms with Crippen molar-refractivity contribution in [3.05, 3.63) is 58.7 Å². The van der Waals surface area contributed by atoms with Crippen LogP contribution < -0.4 is 16.4 Å². The van der Waals surface area contributed by atoms with E-state index in [1.54, 1.807) is 43.9 Å². The second kappa shape index (κ2) is 13.3. The average molecular weight is 560 g/mol. The quantitative estimate of drug-likeness (QED) is 0.254. The molecular weight excluding hydrogens is 522 g/mol. The molecule has 2 aromatic carbocycles. The van der Waals surface area contributed by atoms with Crippen LogP contribution >= 0.6 is 12.4 Å². The molecule has 0 bridgehead atoms. The zero-order valence-corrected chi connectivity index (χ0v) is 23.6. The van der Waals surface area contributed by atoms with Gasteiger partial charge in [0.1, 0.15) is 17.2 Å². The number of benzene rings is 2. The molecular formula is C28H38ClN5O5. The molecule has 3 rings (SSSR count). The minimum absolute atomic E-state index is 0. The number of nitrogens with two attached hydrogens (primary N) is 1. The van der Waals surface area contributed by atoms with Crippen LogP contribution in [0.5, 0.6) is 5.75 Å². The number of piperidine rings is 1. The van der Waals surface area contributed by atoms with Gasteiger partial charge in [0.15, 0.2) is 0 Å². The summed E-state index contributed by atoms with van der Waals surface area (Å²) in [6.45, 7) is 8.12. The van der Waals surface area contributed by atoms with E-state index in [9.17, 15) is 19.5 Å². The van der Waals surface area contributed by atoms with Crippen LogP contribution in [-0.2, 0) is 16.0 Å². The lowest BCUT2D eigenvalue weighted by Gasteiger charge is -2.36. The second-order valence-corrected chi connectivity index (χ2v) is 10.5. The summed E-state index contributed by atoms with van der Waals surface area (Å²) in [7, 11) is 0. The Hall–Kier alpha value is -3.79. The molecule has 0 aliphatic carbocycles. The van der Waals surface area contributed by atoms with Crippen LogP contribution in [-0.4, -0.2) is 58.5 Å².